The number of hydrogen-bond donors (Lipinski definition) is 1. The molecule has 1 aliphatic rings. The SMILES string of the molecule is Cc1nn(-c2ccc(Cl)cc2)c2sc(C(=O)NCC(C)(C)N3CCOCC3)cc12. The number of fused-ring (bicyclic) bond motifs is 1. The molecule has 1 aliphatic heterocycles. The zero-order chi connectivity index (χ0) is 20.6. The highest BCUT2D eigenvalue weighted by Crippen LogP contribution is 2.30. The summed E-state index contributed by atoms with van der Waals surface area (Å²) in [5.74, 6) is -0.0467. The molecule has 154 valence electrons. The van der Waals surface area contributed by atoms with Gasteiger partial charge >= 0.3 is 0 Å². The molecule has 0 atom stereocenters. The van der Waals surface area contributed by atoms with Gasteiger partial charge in [-0.25, -0.2) is 4.68 Å². The predicted octanol–water partition coefficient (Wildman–Crippen LogP) is 3.89. The van der Waals surface area contributed by atoms with E-state index in [0.29, 0.717) is 16.4 Å². The molecule has 1 N–H and O–H groups in total. The molecule has 8 heteroatoms. The Morgan fingerprint density at radius 3 is 2.66 bits per heavy atom. The minimum Gasteiger partial charge on any atom is -0.379 e. The van der Waals surface area contributed by atoms with Gasteiger partial charge in [-0.2, -0.15) is 5.10 Å². The molecule has 0 aliphatic carbocycles. The molecular formula is C21H25ClN4O2S. The second kappa shape index (κ2) is 8.07. The van der Waals surface area contributed by atoms with Crippen LogP contribution in [0.4, 0.5) is 0 Å². The maximum Gasteiger partial charge on any atom is 0.261 e. The molecule has 3 aromatic rings. The van der Waals surface area contributed by atoms with Crippen LogP contribution in [0.15, 0.2) is 30.3 Å². The predicted molar refractivity (Wildman–Crippen MR) is 117 cm³/mol. The number of aromatic nitrogens is 2. The average molecular weight is 433 g/mol. The number of carbonyl (C=O) groups excluding carboxylic acids is 1. The van der Waals surface area contributed by atoms with Crippen LogP contribution in [0.5, 0.6) is 0 Å². The summed E-state index contributed by atoms with van der Waals surface area (Å²) in [6, 6.07) is 9.48. The number of benzene rings is 1. The second-order valence-corrected chi connectivity index (χ2v) is 9.36. The van der Waals surface area contributed by atoms with Crippen LogP contribution in [0.3, 0.4) is 0 Å². The lowest BCUT2D eigenvalue weighted by Crippen LogP contribution is -2.55. The Hall–Kier alpha value is -1.93. The number of rotatable bonds is 5. The van der Waals surface area contributed by atoms with Crippen molar-refractivity contribution in [1.29, 1.82) is 0 Å². The smallest absolute Gasteiger partial charge is 0.261 e. The highest BCUT2D eigenvalue weighted by molar-refractivity contribution is 7.20. The van der Waals surface area contributed by atoms with Gasteiger partial charge in [0.2, 0.25) is 0 Å². The zero-order valence-electron chi connectivity index (χ0n) is 16.9. The van der Waals surface area contributed by atoms with E-state index in [1.54, 1.807) is 0 Å². The minimum absolute atomic E-state index is 0.0467. The van der Waals surface area contributed by atoms with E-state index in [-0.39, 0.29) is 11.4 Å². The highest BCUT2D eigenvalue weighted by Gasteiger charge is 2.29. The highest BCUT2D eigenvalue weighted by atomic mass is 35.5. The number of nitrogens with zero attached hydrogens (tertiary/aromatic N) is 3. The third-order valence-corrected chi connectivity index (χ3v) is 6.75. The molecule has 0 unspecified atom stereocenters. The van der Waals surface area contributed by atoms with Crippen LogP contribution in [0, 0.1) is 6.92 Å². The van der Waals surface area contributed by atoms with Crippen LogP contribution in [0.1, 0.15) is 29.2 Å². The lowest BCUT2D eigenvalue weighted by atomic mass is 10.0. The Balaban J connectivity index is 1.52. The molecule has 1 saturated heterocycles. The summed E-state index contributed by atoms with van der Waals surface area (Å²) in [7, 11) is 0. The molecule has 0 radical (unpaired) electrons. The van der Waals surface area contributed by atoms with E-state index in [2.05, 4.69) is 29.2 Å². The number of halogens is 1. The number of nitrogens with one attached hydrogen (secondary N) is 1. The second-order valence-electron chi connectivity index (χ2n) is 7.90. The fourth-order valence-electron chi connectivity index (χ4n) is 3.58. The van der Waals surface area contributed by atoms with E-state index < -0.39 is 0 Å². The fourth-order valence-corrected chi connectivity index (χ4v) is 4.81. The van der Waals surface area contributed by atoms with Gasteiger partial charge in [-0.05, 0) is 51.1 Å². The van der Waals surface area contributed by atoms with E-state index in [1.807, 2.05) is 41.9 Å². The third-order valence-electron chi connectivity index (χ3n) is 5.39. The molecular weight excluding hydrogens is 408 g/mol. The number of carbonyl (C=O) groups is 1. The van der Waals surface area contributed by atoms with Crippen molar-refractivity contribution in [2.45, 2.75) is 26.3 Å². The van der Waals surface area contributed by atoms with Crippen molar-refractivity contribution in [2.24, 2.45) is 0 Å². The Kier molecular flexibility index (Phi) is 5.66. The lowest BCUT2D eigenvalue weighted by Gasteiger charge is -2.40. The summed E-state index contributed by atoms with van der Waals surface area (Å²) in [4.78, 5) is 16.9. The standard InChI is InChI=1S/C21H25ClN4O2S/c1-14-17-12-18(19(27)23-13-21(2,3)25-8-10-28-11-9-25)29-20(17)26(24-14)16-6-4-15(22)5-7-16/h4-7,12H,8-11,13H2,1-3H3,(H,23,27). The Labute approximate surface area is 179 Å². The number of hydrogen-bond acceptors (Lipinski definition) is 5. The van der Waals surface area contributed by atoms with Crippen LogP contribution in [-0.2, 0) is 4.74 Å². The first-order chi connectivity index (χ1) is 13.8. The van der Waals surface area contributed by atoms with Gasteiger partial charge in [-0.15, -0.1) is 11.3 Å². The molecule has 6 nitrogen and oxygen atoms in total. The molecule has 0 spiro atoms. The molecule has 1 amide bonds. The van der Waals surface area contributed by atoms with E-state index in [9.17, 15) is 4.79 Å². The number of thiophene rings is 1. The molecule has 1 aromatic carbocycles. The van der Waals surface area contributed by atoms with Crippen LogP contribution in [-0.4, -0.2) is 59.0 Å². The van der Waals surface area contributed by atoms with E-state index in [4.69, 9.17) is 16.3 Å². The van der Waals surface area contributed by atoms with Crippen LogP contribution in [0.25, 0.3) is 15.9 Å². The van der Waals surface area contributed by atoms with Gasteiger partial charge in [0.05, 0.1) is 29.5 Å². The first-order valence-electron chi connectivity index (χ1n) is 9.71. The van der Waals surface area contributed by atoms with Crippen molar-refractivity contribution < 1.29 is 9.53 Å². The molecule has 2 aromatic heterocycles. The van der Waals surface area contributed by atoms with Crippen LogP contribution in [0.2, 0.25) is 5.02 Å². The Morgan fingerprint density at radius 1 is 1.28 bits per heavy atom. The summed E-state index contributed by atoms with van der Waals surface area (Å²) in [5, 5.41) is 9.43. The minimum atomic E-state index is -0.119. The Morgan fingerprint density at radius 2 is 1.97 bits per heavy atom. The van der Waals surface area contributed by atoms with Crippen molar-refractivity contribution in [1.82, 2.24) is 20.0 Å². The monoisotopic (exact) mass is 432 g/mol. The van der Waals surface area contributed by atoms with Gasteiger partial charge < -0.3 is 10.1 Å². The van der Waals surface area contributed by atoms with Gasteiger partial charge in [0.1, 0.15) is 4.83 Å². The summed E-state index contributed by atoms with van der Waals surface area (Å²) in [6.45, 7) is 10.1. The maximum atomic E-state index is 12.9. The van der Waals surface area contributed by atoms with E-state index in [0.717, 1.165) is 47.9 Å². The van der Waals surface area contributed by atoms with E-state index >= 15 is 0 Å². The molecule has 29 heavy (non-hydrogen) atoms. The number of ether oxygens (including phenoxy) is 1. The largest absolute Gasteiger partial charge is 0.379 e. The normalized spacial score (nSPS) is 15.7. The van der Waals surface area contributed by atoms with Crippen molar-refractivity contribution in [2.75, 3.05) is 32.8 Å². The number of amides is 1. The van der Waals surface area contributed by atoms with Gasteiger partial charge in [-0.1, -0.05) is 11.6 Å². The summed E-state index contributed by atoms with van der Waals surface area (Å²) < 4.78 is 7.31. The fraction of sp³-hybridized carbons (Fsp3) is 0.429. The maximum absolute atomic E-state index is 12.9. The first kappa shape index (κ1) is 20.3. The summed E-state index contributed by atoms with van der Waals surface area (Å²) in [6.07, 6.45) is 0. The molecule has 4 rings (SSSR count). The van der Waals surface area contributed by atoms with E-state index in [1.165, 1.54) is 11.3 Å². The molecule has 0 saturated carbocycles. The molecule has 0 bridgehead atoms. The summed E-state index contributed by atoms with van der Waals surface area (Å²) >= 11 is 7.47. The first-order valence-corrected chi connectivity index (χ1v) is 10.9. The van der Waals surface area contributed by atoms with Crippen molar-refractivity contribution >= 4 is 39.1 Å². The van der Waals surface area contributed by atoms with Crippen molar-refractivity contribution in [3.8, 4) is 5.69 Å². The van der Waals surface area contributed by atoms with Gasteiger partial charge in [0.25, 0.3) is 5.91 Å². The van der Waals surface area contributed by atoms with Gasteiger partial charge in [0, 0.05) is 35.6 Å². The Bertz CT molecular complexity index is 1020. The van der Waals surface area contributed by atoms with Crippen molar-refractivity contribution in [3.63, 3.8) is 0 Å². The van der Waals surface area contributed by atoms with Crippen molar-refractivity contribution in [3.05, 3.63) is 45.9 Å². The topological polar surface area (TPSA) is 59.4 Å². The third kappa shape index (κ3) is 4.19. The molecule has 3 heterocycles. The summed E-state index contributed by atoms with van der Waals surface area (Å²) in [5.41, 5.74) is 1.71. The van der Waals surface area contributed by atoms with Crippen LogP contribution >= 0.6 is 22.9 Å². The van der Waals surface area contributed by atoms with Crippen LogP contribution < -0.4 is 5.32 Å². The van der Waals surface area contributed by atoms with Gasteiger partial charge in [0.15, 0.2) is 0 Å². The quantitative estimate of drug-likeness (QED) is 0.664. The average Bonchev–Trinajstić information content (AvgIpc) is 3.28. The van der Waals surface area contributed by atoms with Gasteiger partial charge in [-0.3, -0.25) is 9.69 Å². The lowest BCUT2D eigenvalue weighted by molar-refractivity contribution is -0.00922. The number of morpholine rings is 1. The number of aryl methyl sites for hydroxylation is 1. The molecule has 1 fully saturated rings. The zero-order valence-corrected chi connectivity index (χ0v) is 18.4.